The molecule has 0 aliphatic carbocycles. The average Bonchev–Trinajstić information content (AvgIpc) is 3.10. The monoisotopic (exact) mass is 430 g/mol. The van der Waals surface area contributed by atoms with Crippen LogP contribution in [0.5, 0.6) is 0 Å². The molecule has 1 unspecified atom stereocenters. The van der Waals surface area contributed by atoms with Crippen molar-refractivity contribution in [2.24, 2.45) is 0 Å². The first-order valence-corrected chi connectivity index (χ1v) is 10.3. The van der Waals surface area contributed by atoms with Crippen LogP contribution in [0.15, 0.2) is 66.3 Å². The van der Waals surface area contributed by atoms with Gasteiger partial charge < -0.3 is 5.32 Å². The van der Waals surface area contributed by atoms with Gasteiger partial charge in [-0.2, -0.15) is 0 Å². The molecule has 1 atom stereocenters. The molecule has 0 spiro atoms. The fourth-order valence-corrected chi connectivity index (χ4v) is 3.91. The third kappa shape index (κ3) is 5.05. The number of hydrogen-bond acceptors (Lipinski definition) is 4. The normalized spacial score (nSPS) is 11.8. The summed E-state index contributed by atoms with van der Waals surface area (Å²) in [5.74, 6) is -0.00661. The molecule has 5 nitrogen and oxygen atoms in total. The minimum absolute atomic E-state index is 0.140. The Morgan fingerprint density at radius 3 is 2.72 bits per heavy atom. The van der Waals surface area contributed by atoms with E-state index in [4.69, 9.17) is 11.6 Å². The summed E-state index contributed by atoms with van der Waals surface area (Å²) in [6.45, 7) is 6.01. The van der Waals surface area contributed by atoms with Crippen LogP contribution in [0.3, 0.4) is 0 Å². The molecule has 0 bridgehead atoms. The maximum atomic E-state index is 14.2. The number of allylic oxidation sites excluding steroid dienone is 1. The smallest absolute Gasteiger partial charge is 0.230 e. The molecule has 150 valence electrons. The lowest BCUT2D eigenvalue weighted by Gasteiger charge is -2.15. The lowest BCUT2D eigenvalue weighted by atomic mass is 10.1. The van der Waals surface area contributed by atoms with Crippen molar-refractivity contribution < 1.29 is 9.18 Å². The van der Waals surface area contributed by atoms with E-state index in [2.05, 4.69) is 22.1 Å². The van der Waals surface area contributed by atoms with E-state index >= 15 is 0 Å². The molecular formula is C21H20ClFN4OS. The molecule has 3 rings (SSSR count). The highest BCUT2D eigenvalue weighted by atomic mass is 35.5. The Kier molecular flexibility index (Phi) is 7.06. The second kappa shape index (κ2) is 9.71. The minimum Gasteiger partial charge on any atom is -0.349 e. The zero-order valence-electron chi connectivity index (χ0n) is 15.8. The molecule has 2 aromatic carbocycles. The second-order valence-electron chi connectivity index (χ2n) is 6.28. The summed E-state index contributed by atoms with van der Waals surface area (Å²) in [6, 6.07) is 13.5. The van der Waals surface area contributed by atoms with Gasteiger partial charge in [-0.05, 0) is 30.7 Å². The van der Waals surface area contributed by atoms with Crippen LogP contribution in [0, 0.1) is 5.82 Å². The van der Waals surface area contributed by atoms with Gasteiger partial charge in [-0.15, -0.1) is 16.8 Å². The van der Waals surface area contributed by atoms with Gasteiger partial charge in [-0.1, -0.05) is 59.8 Å². The fourth-order valence-electron chi connectivity index (χ4n) is 2.85. The van der Waals surface area contributed by atoms with Gasteiger partial charge in [-0.3, -0.25) is 9.36 Å². The molecule has 0 saturated carbocycles. The number of nitrogens with one attached hydrogen (secondary N) is 1. The molecule has 8 heteroatoms. The summed E-state index contributed by atoms with van der Waals surface area (Å²) < 4.78 is 15.9. The Bertz CT molecular complexity index is 1020. The van der Waals surface area contributed by atoms with Gasteiger partial charge in [0.05, 0.1) is 17.4 Å². The number of carbonyl (C=O) groups excluding carboxylic acids is 1. The lowest BCUT2D eigenvalue weighted by Crippen LogP contribution is -2.28. The van der Waals surface area contributed by atoms with Crippen molar-refractivity contribution in [1.82, 2.24) is 20.1 Å². The number of amides is 1. The molecule has 1 aromatic heterocycles. The van der Waals surface area contributed by atoms with Gasteiger partial charge in [0.25, 0.3) is 0 Å². The van der Waals surface area contributed by atoms with Crippen molar-refractivity contribution in [3.63, 3.8) is 0 Å². The quantitative estimate of drug-likeness (QED) is 0.408. The third-order valence-electron chi connectivity index (χ3n) is 4.22. The highest BCUT2D eigenvalue weighted by Gasteiger charge is 2.18. The van der Waals surface area contributed by atoms with E-state index in [1.165, 1.54) is 17.8 Å². The lowest BCUT2D eigenvalue weighted by molar-refractivity contribution is -0.119. The van der Waals surface area contributed by atoms with Crippen LogP contribution in [0.4, 0.5) is 4.39 Å². The largest absolute Gasteiger partial charge is 0.349 e. The Hall–Kier alpha value is -2.64. The molecule has 1 amide bonds. The van der Waals surface area contributed by atoms with E-state index in [1.54, 1.807) is 34.9 Å². The summed E-state index contributed by atoms with van der Waals surface area (Å²) in [5.41, 5.74) is 1.20. The van der Waals surface area contributed by atoms with E-state index in [1.807, 2.05) is 25.1 Å². The van der Waals surface area contributed by atoms with Crippen molar-refractivity contribution in [2.45, 2.75) is 24.7 Å². The Balaban J connectivity index is 1.70. The number of benzene rings is 2. The zero-order valence-corrected chi connectivity index (χ0v) is 17.4. The molecule has 1 N–H and O–H groups in total. The first-order chi connectivity index (χ1) is 14.0. The molecule has 0 aliphatic rings. The summed E-state index contributed by atoms with van der Waals surface area (Å²) in [7, 11) is 0. The van der Waals surface area contributed by atoms with Crippen LogP contribution in [-0.4, -0.2) is 26.4 Å². The number of hydrogen-bond donors (Lipinski definition) is 1. The SMILES string of the molecule is C=CCn1c(SCC(=O)NC(C)c2ccccc2Cl)nnc1-c1ccccc1F. The first-order valence-electron chi connectivity index (χ1n) is 8.96. The second-order valence-corrected chi connectivity index (χ2v) is 7.63. The van der Waals surface area contributed by atoms with Crippen molar-refractivity contribution >= 4 is 29.3 Å². The van der Waals surface area contributed by atoms with Gasteiger partial charge >= 0.3 is 0 Å². The molecule has 0 aliphatic heterocycles. The number of carbonyl (C=O) groups is 1. The van der Waals surface area contributed by atoms with Crippen molar-refractivity contribution in [2.75, 3.05) is 5.75 Å². The molecule has 0 fully saturated rings. The van der Waals surface area contributed by atoms with Gasteiger partial charge in [0.1, 0.15) is 5.82 Å². The van der Waals surface area contributed by atoms with E-state index < -0.39 is 0 Å². The molecular weight excluding hydrogens is 411 g/mol. The third-order valence-corrected chi connectivity index (χ3v) is 5.54. The van der Waals surface area contributed by atoms with Crippen LogP contribution in [0.25, 0.3) is 11.4 Å². The van der Waals surface area contributed by atoms with Crippen molar-refractivity contribution in [1.29, 1.82) is 0 Å². The van der Waals surface area contributed by atoms with E-state index in [0.29, 0.717) is 28.1 Å². The van der Waals surface area contributed by atoms with Gasteiger partial charge in [0.2, 0.25) is 5.91 Å². The zero-order chi connectivity index (χ0) is 20.8. The number of aromatic nitrogens is 3. The number of halogens is 2. The predicted octanol–water partition coefficient (Wildman–Crippen LogP) is 4.89. The number of thioether (sulfide) groups is 1. The van der Waals surface area contributed by atoms with Crippen molar-refractivity contribution in [3.8, 4) is 11.4 Å². The van der Waals surface area contributed by atoms with Crippen LogP contribution in [0.1, 0.15) is 18.5 Å². The fraction of sp³-hybridized carbons (Fsp3) is 0.190. The summed E-state index contributed by atoms with van der Waals surface area (Å²) in [5, 5.41) is 12.3. The van der Waals surface area contributed by atoms with Crippen LogP contribution >= 0.6 is 23.4 Å². The molecule has 1 heterocycles. The first kappa shape index (κ1) is 21.1. The molecule has 3 aromatic rings. The van der Waals surface area contributed by atoms with Crippen molar-refractivity contribution in [3.05, 3.63) is 77.6 Å². The van der Waals surface area contributed by atoms with Gasteiger partial charge in [0, 0.05) is 11.6 Å². The molecule has 29 heavy (non-hydrogen) atoms. The Morgan fingerprint density at radius 1 is 1.28 bits per heavy atom. The highest BCUT2D eigenvalue weighted by molar-refractivity contribution is 7.99. The predicted molar refractivity (Wildman–Crippen MR) is 114 cm³/mol. The number of nitrogens with zero attached hydrogens (tertiary/aromatic N) is 3. The van der Waals surface area contributed by atoms with Crippen LogP contribution in [0.2, 0.25) is 5.02 Å². The standard InChI is InChI=1S/C21H20ClFN4OS/c1-3-12-27-20(16-9-5-7-11-18(16)23)25-26-21(27)29-13-19(28)24-14(2)15-8-4-6-10-17(15)22/h3-11,14H,1,12-13H2,2H3,(H,24,28). The summed E-state index contributed by atoms with van der Waals surface area (Å²) in [4.78, 5) is 12.4. The molecule has 0 radical (unpaired) electrons. The number of rotatable bonds is 8. The Labute approximate surface area is 178 Å². The minimum atomic E-state index is -0.381. The van der Waals surface area contributed by atoms with E-state index in [-0.39, 0.29) is 23.5 Å². The Morgan fingerprint density at radius 2 is 2.00 bits per heavy atom. The van der Waals surface area contributed by atoms with E-state index in [0.717, 1.165) is 5.56 Å². The average molecular weight is 431 g/mol. The highest BCUT2D eigenvalue weighted by Crippen LogP contribution is 2.26. The van der Waals surface area contributed by atoms with Gasteiger partial charge in [0.15, 0.2) is 11.0 Å². The topological polar surface area (TPSA) is 59.8 Å². The van der Waals surface area contributed by atoms with Crippen LogP contribution < -0.4 is 5.32 Å². The molecule has 0 saturated heterocycles. The maximum Gasteiger partial charge on any atom is 0.230 e. The summed E-state index contributed by atoms with van der Waals surface area (Å²) >= 11 is 7.42. The maximum absolute atomic E-state index is 14.2. The van der Waals surface area contributed by atoms with Crippen LogP contribution in [-0.2, 0) is 11.3 Å². The van der Waals surface area contributed by atoms with E-state index in [9.17, 15) is 9.18 Å². The van der Waals surface area contributed by atoms with Gasteiger partial charge in [-0.25, -0.2) is 4.39 Å². The summed E-state index contributed by atoms with van der Waals surface area (Å²) in [6.07, 6.45) is 1.68.